The first-order valence-electron chi connectivity index (χ1n) is 6.14. The lowest BCUT2D eigenvalue weighted by Gasteiger charge is -2.25. The van der Waals surface area contributed by atoms with Crippen molar-refractivity contribution >= 4 is 33.2 Å². The van der Waals surface area contributed by atoms with Gasteiger partial charge in [-0.1, -0.05) is 31.4 Å². The van der Waals surface area contributed by atoms with E-state index in [1.807, 2.05) is 11.4 Å². The standard InChI is InChI=1S/C13H15ClN2S/c1-8-3-2-4-9(7-8)12-15-11(14)10-5-6-17-13(10)16-12/h5-6,8-9H,2-4,7H2,1H3. The third-order valence-corrected chi connectivity index (χ3v) is 4.69. The van der Waals surface area contributed by atoms with Gasteiger partial charge in [-0.05, 0) is 30.2 Å². The smallest absolute Gasteiger partial charge is 0.141 e. The zero-order valence-corrected chi connectivity index (χ0v) is 11.4. The van der Waals surface area contributed by atoms with Gasteiger partial charge in [0.15, 0.2) is 0 Å². The first kappa shape index (κ1) is 11.4. The van der Waals surface area contributed by atoms with Crippen molar-refractivity contribution in [2.24, 2.45) is 5.92 Å². The summed E-state index contributed by atoms with van der Waals surface area (Å²) in [5.41, 5.74) is 0. The van der Waals surface area contributed by atoms with Gasteiger partial charge in [-0.2, -0.15) is 0 Å². The summed E-state index contributed by atoms with van der Waals surface area (Å²) < 4.78 is 0. The second-order valence-corrected chi connectivity index (χ2v) is 6.23. The summed E-state index contributed by atoms with van der Waals surface area (Å²) in [6.45, 7) is 2.32. The van der Waals surface area contributed by atoms with Crippen molar-refractivity contribution in [3.8, 4) is 0 Å². The fraction of sp³-hybridized carbons (Fsp3) is 0.538. The Morgan fingerprint density at radius 1 is 1.35 bits per heavy atom. The average Bonchev–Trinajstić information content (AvgIpc) is 2.77. The van der Waals surface area contributed by atoms with Crippen molar-refractivity contribution in [2.75, 3.05) is 0 Å². The molecule has 2 atom stereocenters. The lowest BCUT2D eigenvalue weighted by Crippen LogP contribution is -2.14. The highest BCUT2D eigenvalue weighted by Gasteiger charge is 2.23. The lowest BCUT2D eigenvalue weighted by molar-refractivity contribution is 0.336. The van der Waals surface area contributed by atoms with E-state index in [0.29, 0.717) is 11.1 Å². The fourth-order valence-electron chi connectivity index (χ4n) is 2.69. The third kappa shape index (κ3) is 2.18. The molecule has 2 aromatic rings. The molecule has 1 aliphatic carbocycles. The van der Waals surface area contributed by atoms with Crippen molar-refractivity contribution in [2.45, 2.75) is 38.5 Å². The summed E-state index contributed by atoms with van der Waals surface area (Å²) in [4.78, 5) is 10.2. The molecule has 0 saturated heterocycles. The maximum absolute atomic E-state index is 6.21. The molecule has 2 nitrogen and oxygen atoms in total. The maximum atomic E-state index is 6.21. The van der Waals surface area contributed by atoms with Crippen LogP contribution in [0.5, 0.6) is 0 Å². The molecule has 2 heterocycles. The van der Waals surface area contributed by atoms with Gasteiger partial charge in [-0.25, -0.2) is 9.97 Å². The molecule has 1 aliphatic rings. The normalized spacial score (nSPS) is 25.3. The van der Waals surface area contributed by atoms with E-state index in [1.165, 1.54) is 25.7 Å². The molecule has 2 unspecified atom stereocenters. The highest BCUT2D eigenvalue weighted by molar-refractivity contribution is 7.16. The van der Waals surface area contributed by atoms with Crippen LogP contribution in [0.2, 0.25) is 5.15 Å². The van der Waals surface area contributed by atoms with Gasteiger partial charge in [0.25, 0.3) is 0 Å². The van der Waals surface area contributed by atoms with E-state index in [-0.39, 0.29) is 0 Å². The predicted octanol–water partition coefficient (Wildman–Crippen LogP) is 4.64. The molecule has 2 aromatic heterocycles. The Balaban J connectivity index is 1.99. The molecule has 4 heteroatoms. The van der Waals surface area contributed by atoms with E-state index in [4.69, 9.17) is 11.6 Å². The van der Waals surface area contributed by atoms with Gasteiger partial charge in [0.2, 0.25) is 0 Å². The number of rotatable bonds is 1. The van der Waals surface area contributed by atoms with E-state index in [9.17, 15) is 0 Å². The highest BCUT2D eigenvalue weighted by Crippen LogP contribution is 2.36. The van der Waals surface area contributed by atoms with Crippen LogP contribution in [0, 0.1) is 5.92 Å². The monoisotopic (exact) mass is 266 g/mol. The Bertz CT molecular complexity index is 537. The molecule has 1 saturated carbocycles. The van der Waals surface area contributed by atoms with E-state index < -0.39 is 0 Å². The molecular weight excluding hydrogens is 252 g/mol. The second kappa shape index (κ2) is 4.54. The van der Waals surface area contributed by atoms with E-state index in [1.54, 1.807) is 11.3 Å². The molecule has 0 aliphatic heterocycles. The SMILES string of the molecule is CC1CCCC(c2nc(Cl)c3ccsc3n2)C1. The lowest BCUT2D eigenvalue weighted by atomic mass is 9.82. The van der Waals surface area contributed by atoms with Crippen LogP contribution in [0.15, 0.2) is 11.4 Å². The van der Waals surface area contributed by atoms with Crippen molar-refractivity contribution < 1.29 is 0 Å². The van der Waals surface area contributed by atoms with Gasteiger partial charge >= 0.3 is 0 Å². The quantitative estimate of drug-likeness (QED) is 0.703. The number of halogens is 1. The molecule has 0 radical (unpaired) electrons. The molecule has 1 fully saturated rings. The Hall–Kier alpha value is -0.670. The van der Waals surface area contributed by atoms with Crippen LogP contribution >= 0.6 is 22.9 Å². The van der Waals surface area contributed by atoms with Crippen LogP contribution in [0.4, 0.5) is 0 Å². The summed E-state index contributed by atoms with van der Waals surface area (Å²) in [6.07, 6.45) is 5.03. The molecule has 0 bridgehead atoms. The molecule has 0 amide bonds. The molecular formula is C13H15ClN2S. The van der Waals surface area contributed by atoms with Crippen molar-refractivity contribution in [3.05, 3.63) is 22.4 Å². The van der Waals surface area contributed by atoms with Crippen LogP contribution < -0.4 is 0 Å². The van der Waals surface area contributed by atoms with Crippen LogP contribution in [0.3, 0.4) is 0 Å². The molecule has 0 spiro atoms. The first-order valence-corrected chi connectivity index (χ1v) is 7.40. The molecule has 17 heavy (non-hydrogen) atoms. The summed E-state index contributed by atoms with van der Waals surface area (Å²) >= 11 is 7.86. The number of hydrogen-bond donors (Lipinski definition) is 0. The van der Waals surface area contributed by atoms with Crippen molar-refractivity contribution in [1.82, 2.24) is 9.97 Å². The number of nitrogens with zero attached hydrogens (tertiary/aromatic N) is 2. The highest BCUT2D eigenvalue weighted by atomic mass is 35.5. The zero-order chi connectivity index (χ0) is 11.8. The van der Waals surface area contributed by atoms with Gasteiger partial charge in [0.1, 0.15) is 15.8 Å². The molecule has 90 valence electrons. The van der Waals surface area contributed by atoms with Crippen LogP contribution in [-0.4, -0.2) is 9.97 Å². The second-order valence-electron chi connectivity index (χ2n) is 4.98. The Morgan fingerprint density at radius 3 is 3.06 bits per heavy atom. The molecule has 3 rings (SSSR count). The Kier molecular flexibility index (Phi) is 3.05. The topological polar surface area (TPSA) is 25.8 Å². The number of aromatic nitrogens is 2. The fourth-order valence-corrected chi connectivity index (χ4v) is 3.75. The minimum absolute atomic E-state index is 0.503. The minimum Gasteiger partial charge on any atom is -0.222 e. The predicted molar refractivity (Wildman–Crippen MR) is 72.8 cm³/mol. The van der Waals surface area contributed by atoms with E-state index in [0.717, 1.165) is 22.0 Å². The Morgan fingerprint density at radius 2 is 2.24 bits per heavy atom. The minimum atomic E-state index is 0.503. The van der Waals surface area contributed by atoms with E-state index in [2.05, 4.69) is 16.9 Å². The Labute approximate surface area is 110 Å². The third-order valence-electron chi connectivity index (χ3n) is 3.60. The summed E-state index contributed by atoms with van der Waals surface area (Å²) in [5.74, 6) is 2.24. The van der Waals surface area contributed by atoms with Gasteiger partial charge < -0.3 is 0 Å². The number of fused-ring (bicyclic) bond motifs is 1. The largest absolute Gasteiger partial charge is 0.222 e. The van der Waals surface area contributed by atoms with Crippen LogP contribution in [-0.2, 0) is 0 Å². The van der Waals surface area contributed by atoms with Crippen molar-refractivity contribution in [3.63, 3.8) is 0 Å². The van der Waals surface area contributed by atoms with Gasteiger partial charge in [-0.15, -0.1) is 11.3 Å². The van der Waals surface area contributed by atoms with E-state index >= 15 is 0 Å². The molecule has 0 N–H and O–H groups in total. The zero-order valence-electron chi connectivity index (χ0n) is 9.82. The number of hydrogen-bond acceptors (Lipinski definition) is 3. The summed E-state index contributed by atoms with van der Waals surface area (Å²) in [7, 11) is 0. The summed E-state index contributed by atoms with van der Waals surface area (Å²) in [6, 6.07) is 2.00. The van der Waals surface area contributed by atoms with Crippen LogP contribution in [0.1, 0.15) is 44.3 Å². The first-order chi connectivity index (χ1) is 8.24. The van der Waals surface area contributed by atoms with Gasteiger partial charge in [0, 0.05) is 11.3 Å². The molecule has 0 aromatic carbocycles. The summed E-state index contributed by atoms with van der Waals surface area (Å²) in [5, 5.41) is 3.63. The van der Waals surface area contributed by atoms with Crippen molar-refractivity contribution in [1.29, 1.82) is 0 Å². The average molecular weight is 267 g/mol. The maximum Gasteiger partial charge on any atom is 0.141 e. The number of thiophene rings is 1. The van der Waals surface area contributed by atoms with Gasteiger partial charge in [-0.3, -0.25) is 0 Å². The van der Waals surface area contributed by atoms with Gasteiger partial charge in [0.05, 0.1) is 0 Å². The van der Waals surface area contributed by atoms with Crippen LogP contribution in [0.25, 0.3) is 10.2 Å².